The van der Waals surface area contributed by atoms with Gasteiger partial charge in [0.2, 0.25) is 10.0 Å². The summed E-state index contributed by atoms with van der Waals surface area (Å²) in [4.78, 5) is 0.225. The topological polar surface area (TPSA) is 63.4 Å². The van der Waals surface area contributed by atoms with Gasteiger partial charge in [-0.2, -0.15) is 4.31 Å². The molecule has 0 bridgehead atoms. The Bertz CT molecular complexity index is 606. The van der Waals surface area contributed by atoms with Crippen LogP contribution in [-0.4, -0.2) is 24.8 Å². The Labute approximate surface area is 126 Å². The maximum Gasteiger partial charge on any atom is 0.243 e. The first-order valence-corrected chi connectivity index (χ1v) is 8.66. The SMILES string of the molecule is Cc1c(N)cc(Cl)cc1S(=O)(=O)N1[C@H](C)CCC[C@@H]1C. The minimum Gasteiger partial charge on any atom is -0.398 e. The van der Waals surface area contributed by atoms with Gasteiger partial charge in [0.15, 0.2) is 0 Å². The maximum absolute atomic E-state index is 12.9. The highest BCUT2D eigenvalue weighted by Crippen LogP contribution is 2.33. The second-order valence-electron chi connectivity index (χ2n) is 5.58. The predicted octanol–water partition coefficient (Wildman–Crippen LogP) is 3.18. The Morgan fingerprint density at radius 1 is 1.25 bits per heavy atom. The minimum atomic E-state index is -3.57. The highest BCUT2D eigenvalue weighted by atomic mass is 35.5. The van der Waals surface area contributed by atoms with Gasteiger partial charge in [-0.1, -0.05) is 18.0 Å². The van der Waals surface area contributed by atoms with Gasteiger partial charge in [-0.05, 0) is 51.3 Å². The largest absolute Gasteiger partial charge is 0.398 e. The first kappa shape index (κ1) is 15.6. The van der Waals surface area contributed by atoms with Crippen molar-refractivity contribution in [2.75, 3.05) is 5.73 Å². The molecule has 0 aromatic heterocycles. The maximum atomic E-state index is 12.9. The van der Waals surface area contributed by atoms with Crippen LogP contribution in [0.1, 0.15) is 38.7 Å². The van der Waals surface area contributed by atoms with E-state index in [9.17, 15) is 8.42 Å². The summed E-state index contributed by atoms with van der Waals surface area (Å²) in [7, 11) is -3.57. The van der Waals surface area contributed by atoms with E-state index in [4.69, 9.17) is 17.3 Å². The van der Waals surface area contributed by atoms with E-state index in [1.807, 2.05) is 13.8 Å². The van der Waals surface area contributed by atoms with Crippen molar-refractivity contribution >= 4 is 27.3 Å². The Morgan fingerprint density at radius 3 is 2.35 bits per heavy atom. The van der Waals surface area contributed by atoms with Crippen LogP contribution in [0.3, 0.4) is 0 Å². The van der Waals surface area contributed by atoms with E-state index in [-0.39, 0.29) is 17.0 Å². The van der Waals surface area contributed by atoms with Crippen molar-refractivity contribution in [3.05, 3.63) is 22.7 Å². The summed E-state index contributed by atoms with van der Waals surface area (Å²) in [5, 5.41) is 0.351. The monoisotopic (exact) mass is 316 g/mol. The molecule has 2 N–H and O–H groups in total. The number of nitrogen functional groups attached to an aromatic ring is 1. The normalized spacial score (nSPS) is 24.8. The molecule has 0 unspecified atom stereocenters. The highest BCUT2D eigenvalue weighted by molar-refractivity contribution is 7.89. The van der Waals surface area contributed by atoms with E-state index in [0.717, 1.165) is 19.3 Å². The summed E-state index contributed by atoms with van der Waals surface area (Å²) in [5.41, 5.74) is 6.83. The molecule has 0 spiro atoms. The molecule has 1 aromatic carbocycles. The second-order valence-corrected chi connectivity index (χ2v) is 7.83. The van der Waals surface area contributed by atoms with Crippen molar-refractivity contribution in [1.29, 1.82) is 0 Å². The number of piperidine rings is 1. The first-order valence-electron chi connectivity index (χ1n) is 6.84. The van der Waals surface area contributed by atoms with Gasteiger partial charge in [0.25, 0.3) is 0 Å². The molecule has 6 heteroatoms. The van der Waals surface area contributed by atoms with E-state index in [2.05, 4.69) is 0 Å². The molecular formula is C14H21ClN2O2S. The number of halogens is 1. The number of benzene rings is 1. The number of nitrogens with zero attached hydrogens (tertiary/aromatic N) is 1. The van der Waals surface area contributed by atoms with Crippen LogP contribution in [0.2, 0.25) is 5.02 Å². The van der Waals surface area contributed by atoms with Crippen LogP contribution in [0.5, 0.6) is 0 Å². The van der Waals surface area contributed by atoms with Crippen LogP contribution in [0.4, 0.5) is 5.69 Å². The molecule has 4 nitrogen and oxygen atoms in total. The zero-order valence-corrected chi connectivity index (χ0v) is 13.6. The molecule has 1 fully saturated rings. The van der Waals surface area contributed by atoms with E-state index < -0.39 is 10.0 Å². The fourth-order valence-electron chi connectivity index (χ4n) is 2.93. The smallest absolute Gasteiger partial charge is 0.243 e. The molecule has 0 aliphatic carbocycles. The second kappa shape index (κ2) is 5.54. The van der Waals surface area contributed by atoms with Crippen molar-refractivity contribution in [3.8, 4) is 0 Å². The van der Waals surface area contributed by atoms with Crippen molar-refractivity contribution in [1.82, 2.24) is 4.31 Å². The molecule has 112 valence electrons. The van der Waals surface area contributed by atoms with Gasteiger partial charge in [-0.3, -0.25) is 0 Å². The van der Waals surface area contributed by atoms with Gasteiger partial charge in [-0.25, -0.2) is 8.42 Å². The third-order valence-electron chi connectivity index (χ3n) is 4.03. The van der Waals surface area contributed by atoms with E-state index in [1.165, 1.54) is 6.07 Å². The lowest BCUT2D eigenvalue weighted by Crippen LogP contribution is -2.47. The number of hydrogen-bond donors (Lipinski definition) is 1. The molecule has 2 atom stereocenters. The first-order chi connectivity index (χ1) is 9.25. The lowest BCUT2D eigenvalue weighted by molar-refractivity contribution is 0.204. The molecule has 2 rings (SSSR count). The standard InChI is InChI=1S/C14H21ClN2O2S/c1-9-5-4-6-10(2)17(9)20(18,19)14-8-12(15)7-13(16)11(14)3/h7-10H,4-6,16H2,1-3H3/t9-,10+. The van der Waals surface area contributed by atoms with Crippen LogP contribution in [0.25, 0.3) is 0 Å². The number of anilines is 1. The van der Waals surface area contributed by atoms with Gasteiger partial charge in [0.1, 0.15) is 0 Å². The highest BCUT2D eigenvalue weighted by Gasteiger charge is 2.36. The quantitative estimate of drug-likeness (QED) is 0.852. The molecule has 1 saturated heterocycles. The molecule has 1 aliphatic rings. The van der Waals surface area contributed by atoms with Crippen molar-refractivity contribution in [2.45, 2.75) is 57.0 Å². The zero-order valence-electron chi connectivity index (χ0n) is 12.1. The Hall–Kier alpha value is -0.780. The van der Waals surface area contributed by atoms with Crippen molar-refractivity contribution < 1.29 is 8.42 Å². The molecule has 0 radical (unpaired) electrons. The Balaban J connectivity index is 2.55. The van der Waals surface area contributed by atoms with Crippen LogP contribution in [0.15, 0.2) is 17.0 Å². The van der Waals surface area contributed by atoms with E-state index in [0.29, 0.717) is 16.3 Å². The number of hydrogen-bond acceptors (Lipinski definition) is 3. The summed E-state index contributed by atoms with van der Waals surface area (Å²) in [6.45, 7) is 5.63. The molecule has 1 aromatic rings. The number of sulfonamides is 1. The Kier molecular flexibility index (Phi) is 4.33. The fourth-order valence-corrected chi connectivity index (χ4v) is 5.38. The average molecular weight is 317 g/mol. The zero-order chi connectivity index (χ0) is 15.1. The van der Waals surface area contributed by atoms with E-state index in [1.54, 1.807) is 17.3 Å². The summed E-state index contributed by atoms with van der Waals surface area (Å²) < 4.78 is 27.5. The van der Waals surface area contributed by atoms with Gasteiger partial charge in [-0.15, -0.1) is 0 Å². The number of rotatable bonds is 2. The summed E-state index contributed by atoms with van der Waals surface area (Å²) >= 11 is 5.98. The molecule has 0 amide bonds. The molecule has 20 heavy (non-hydrogen) atoms. The average Bonchev–Trinajstić information content (AvgIpc) is 2.33. The minimum absolute atomic E-state index is 0.00311. The van der Waals surface area contributed by atoms with Gasteiger partial charge >= 0.3 is 0 Å². The molecule has 1 heterocycles. The van der Waals surface area contributed by atoms with Crippen LogP contribution in [0, 0.1) is 6.92 Å². The van der Waals surface area contributed by atoms with Crippen LogP contribution >= 0.6 is 11.6 Å². The molecule has 1 aliphatic heterocycles. The lowest BCUT2D eigenvalue weighted by atomic mass is 10.0. The Morgan fingerprint density at radius 2 is 1.80 bits per heavy atom. The molecular weight excluding hydrogens is 296 g/mol. The van der Waals surface area contributed by atoms with Crippen molar-refractivity contribution in [2.24, 2.45) is 0 Å². The third-order valence-corrected chi connectivity index (χ3v) is 6.51. The summed E-state index contributed by atoms with van der Waals surface area (Å²) in [5.74, 6) is 0. The van der Waals surface area contributed by atoms with Gasteiger partial charge < -0.3 is 5.73 Å². The van der Waals surface area contributed by atoms with E-state index >= 15 is 0 Å². The lowest BCUT2D eigenvalue weighted by Gasteiger charge is -2.38. The van der Waals surface area contributed by atoms with Crippen LogP contribution < -0.4 is 5.73 Å². The van der Waals surface area contributed by atoms with Gasteiger partial charge in [0.05, 0.1) is 4.90 Å². The fraction of sp³-hybridized carbons (Fsp3) is 0.571. The molecule has 0 saturated carbocycles. The summed E-state index contributed by atoms with van der Waals surface area (Å²) in [6.07, 6.45) is 2.84. The van der Waals surface area contributed by atoms with Crippen molar-refractivity contribution in [3.63, 3.8) is 0 Å². The van der Waals surface area contributed by atoms with Gasteiger partial charge in [0, 0.05) is 22.8 Å². The predicted molar refractivity (Wildman–Crippen MR) is 82.4 cm³/mol. The third kappa shape index (κ3) is 2.67. The number of nitrogens with two attached hydrogens (primary N) is 1. The summed E-state index contributed by atoms with van der Waals surface area (Å²) in [6, 6.07) is 3.09. The van der Waals surface area contributed by atoms with Crippen LogP contribution in [-0.2, 0) is 10.0 Å².